The fourth-order valence-electron chi connectivity index (χ4n) is 2.94. The third kappa shape index (κ3) is 3.03. The number of halogens is 1. The van der Waals surface area contributed by atoms with Crippen molar-refractivity contribution in [1.29, 1.82) is 0 Å². The van der Waals surface area contributed by atoms with Crippen LogP contribution < -0.4 is 5.73 Å². The molecular formula is C16H15FN6O3S2. The van der Waals surface area contributed by atoms with Crippen molar-refractivity contribution in [2.45, 2.75) is 12.5 Å². The highest BCUT2D eigenvalue weighted by molar-refractivity contribution is 7.89. The van der Waals surface area contributed by atoms with Gasteiger partial charge in [0.1, 0.15) is 11.4 Å². The Balaban J connectivity index is 1.77. The standard InChI is InChI=1S/C16H15FN6O3S2/c1-16(7-28(24,25)23(2)15(18)21-16)13-11(17)4-12(27-13)9-3-10(6-19-5-9)14-22-20-8-26-14/h3-6,8H,7H2,1-2H3,(H2,18,21). The fourth-order valence-corrected chi connectivity index (χ4v) is 5.57. The van der Waals surface area contributed by atoms with Gasteiger partial charge in [-0.3, -0.25) is 4.98 Å². The molecule has 0 bridgehead atoms. The van der Waals surface area contributed by atoms with Gasteiger partial charge in [-0.2, -0.15) is 0 Å². The molecule has 12 heteroatoms. The van der Waals surface area contributed by atoms with Crippen LogP contribution in [-0.2, 0) is 15.6 Å². The first-order valence-electron chi connectivity index (χ1n) is 8.03. The van der Waals surface area contributed by atoms with Gasteiger partial charge in [-0.25, -0.2) is 22.1 Å². The van der Waals surface area contributed by atoms with Gasteiger partial charge in [0.05, 0.1) is 16.2 Å². The Hall–Kier alpha value is -2.86. The fraction of sp³-hybridized carbons (Fsp3) is 0.250. The molecule has 0 saturated heterocycles. The van der Waals surface area contributed by atoms with Crippen LogP contribution in [0.15, 0.2) is 40.3 Å². The molecule has 0 fully saturated rings. The average Bonchev–Trinajstić information content (AvgIpc) is 3.29. The van der Waals surface area contributed by atoms with E-state index in [-0.39, 0.29) is 22.5 Å². The van der Waals surface area contributed by atoms with Gasteiger partial charge in [0.15, 0.2) is 0 Å². The van der Waals surface area contributed by atoms with E-state index < -0.39 is 21.4 Å². The van der Waals surface area contributed by atoms with Gasteiger partial charge in [0, 0.05) is 29.9 Å². The van der Waals surface area contributed by atoms with E-state index in [1.54, 1.807) is 25.4 Å². The maximum absolute atomic E-state index is 14.8. The van der Waals surface area contributed by atoms with Crippen molar-refractivity contribution in [3.63, 3.8) is 0 Å². The van der Waals surface area contributed by atoms with Crippen LogP contribution in [-0.4, -0.2) is 46.7 Å². The minimum absolute atomic E-state index is 0.178. The summed E-state index contributed by atoms with van der Waals surface area (Å²) in [6.07, 6.45) is 4.33. The third-order valence-corrected chi connectivity index (χ3v) is 7.73. The van der Waals surface area contributed by atoms with Crippen LogP contribution in [0.5, 0.6) is 0 Å². The van der Waals surface area contributed by atoms with Crippen LogP contribution in [0, 0.1) is 5.82 Å². The van der Waals surface area contributed by atoms with Crippen molar-refractivity contribution in [3.8, 4) is 21.9 Å². The Morgan fingerprint density at radius 3 is 2.75 bits per heavy atom. The number of thiophene rings is 1. The van der Waals surface area contributed by atoms with Gasteiger partial charge < -0.3 is 10.2 Å². The van der Waals surface area contributed by atoms with Crippen molar-refractivity contribution < 1.29 is 17.2 Å². The molecule has 146 valence electrons. The van der Waals surface area contributed by atoms with Crippen molar-refractivity contribution in [2.24, 2.45) is 10.7 Å². The van der Waals surface area contributed by atoms with Crippen molar-refractivity contribution in [1.82, 2.24) is 19.5 Å². The molecule has 3 aromatic rings. The first-order chi connectivity index (χ1) is 13.2. The van der Waals surface area contributed by atoms with E-state index in [2.05, 4.69) is 20.2 Å². The summed E-state index contributed by atoms with van der Waals surface area (Å²) in [5.41, 5.74) is 5.65. The van der Waals surface area contributed by atoms with Gasteiger partial charge in [-0.15, -0.1) is 21.5 Å². The molecule has 4 heterocycles. The highest BCUT2D eigenvalue weighted by Crippen LogP contribution is 2.41. The quantitative estimate of drug-likeness (QED) is 0.682. The molecule has 1 aliphatic rings. The summed E-state index contributed by atoms with van der Waals surface area (Å²) < 4.78 is 45.6. The molecule has 1 aliphatic heterocycles. The van der Waals surface area contributed by atoms with E-state index in [9.17, 15) is 12.8 Å². The molecule has 9 nitrogen and oxygen atoms in total. The molecule has 0 spiro atoms. The Morgan fingerprint density at radius 2 is 2.07 bits per heavy atom. The number of pyridine rings is 1. The number of nitrogens with two attached hydrogens (primary N) is 1. The highest BCUT2D eigenvalue weighted by atomic mass is 32.2. The number of rotatable bonds is 3. The summed E-state index contributed by atoms with van der Waals surface area (Å²) in [6, 6.07) is 3.07. The van der Waals surface area contributed by atoms with Crippen molar-refractivity contribution in [2.75, 3.05) is 12.8 Å². The molecule has 0 amide bonds. The minimum Gasteiger partial charge on any atom is -0.423 e. The molecule has 28 heavy (non-hydrogen) atoms. The molecular weight excluding hydrogens is 407 g/mol. The molecule has 1 atom stereocenters. The summed E-state index contributed by atoms with van der Waals surface area (Å²) >= 11 is 1.10. The minimum atomic E-state index is -3.70. The predicted molar refractivity (Wildman–Crippen MR) is 101 cm³/mol. The largest absolute Gasteiger partial charge is 0.423 e. The summed E-state index contributed by atoms with van der Waals surface area (Å²) in [6.45, 7) is 1.55. The normalized spacial score (nSPS) is 21.5. The van der Waals surface area contributed by atoms with Crippen LogP contribution in [0.4, 0.5) is 4.39 Å². The molecule has 3 aromatic heterocycles. The van der Waals surface area contributed by atoms with Crippen LogP contribution in [0.2, 0.25) is 0 Å². The van der Waals surface area contributed by atoms with Gasteiger partial charge in [0.2, 0.25) is 28.3 Å². The zero-order valence-corrected chi connectivity index (χ0v) is 16.5. The number of aliphatic imine (C=N–C) groups is 1. The van der Waals surface area contributed by atoms with Crippen molar-refractivity contribution in [3.05, 3.63) is 41.6 Å². The van der Waals surface area contributed by atoms with Gasteiger partial charge in [0.25, 0.3) is 0 Å². The zero-order valence-electron chi connectivity index (χ0n) is 14.8. The van der Waals surface area contributed by atoms with Crippen molar-refractivity contribution >= 4 is 27.3 Å². The van der Waals surface area contributed by atoms with E-state index in [0.29, 0.717) is 16.0 Å². The lowest BCUT2D eigenvalue weighted by Gasteiger charge is -2.33. The van der Waals surface area contributed by atoms with E-state index in [1.807, 2.05) is 0 Å². The monoisotopic (exact) mass is 422 g/mol. The van der Waals surface area contributed by atoms with E-state index in [4.69, 9.17) is 10.2 Å². The molecule has 0 radical (unpaired) electrons. The molecule has 0 aromatic carbocycles. The summed E-state index contributed by atoms with van der Waals surface area (Å²) in [4.78, 5) is 9.14. The predicted octanol–water partition coefficient (Wildman–Crippen LogP) is 1.80. The Bertz CT molecular complexity index is 1170. The highest BCUT2D eigenvalue weighted by Gasteiger charge is 2.43. The molecule has 1 unspecified atom stereocenters. The number of hydrogen-bond donors (Lipinski definition) is 1. The lowest BCUT2D eigenvalue weighted by molar-refractivity contribution is 0.466. The van der Waals surface area contributed by atoms with Gasteiger partial charge >= 0.3 is 0 Å². The second-order valence-corrected chi connectivity index (χ2v) is 9.51. The number of guanidine groups is 1. The summed E-state index contributed by atoms with van der Waals surface area (Å²) in [5.74, 6) is -0.823. The summed E-state index contributed by atoms with van der Waals surface area (Å²) in [5, 5.41) is 7.46. The average molecular weight is 422 g/mol. The Kier molecular flexibility index (Phi) is 4.19. The second kappa shape index (κ2) is 6.34. The lowest BCUT2D eigenvalue weighted by Crippen LogP contribution is -2.50. The van der Waals surface area contributed by atoms with Crippen LogP contribution in [0.25, 0.3) is 21.9 Å². The zero-order chi connectivity index (χ0) is 20.1. The Labute approximate surface area is 163 Å². The maximum Gasteiger partial charge on any atom is 0.249 e. The topological polar surface area (TPSA) is 128 Å². The first-order valence-corrected chi connectivity index (χ1v) is 10.5. The van der Waals surface area contributed by atoms with Crippen LogP contribution in [0.3, 0.4) is 0 Å². The molecule has 4 rings (SSSR count). The summed E-state index contributed by atoms with van der Waals surface area (Å²) in [7, 11) is -2.38. The first kappa shape index (κ1) is 18.5. The number of nitrogens with zero attached hydrogens (tertiary/aromatic N) is 5. The van der Waals surface area contributed by atoms with Crippen LogP contribution in [0.1, 0.15) is 11.8 Å². The third-order valence-electron chi connectivity index (χ3n) is 4.37. The molecule has 2 N–H and O–H groups in total. The lowest BCUT2D eigenvalue weighted by atomic mass is 10.0. The smallest absolute Gasteiger partial charge is 0.249 e. The molecule has 0 saturated carbocycles. The van der Waals surface area contributed by atoms with E-state index in [1.165, 1.54) is 19.5 Å². The van der Waals surface area contributed by atoms with Gasteiger partial charge in [-0.05, 0) is 19.1 Å². The van der Waals surface area contributed by atoms with E-state index in [0.717, 1.165) is 15.6 Å². The SMILES string of the molecule is CN1C(N)=NC(C)(c2sc(-c3cncc(-c4nnco4)c3)cc2F)CS1(=O)=O. The molecule has 0 aliphatic carbocycles. The number of hydrogen-bond acceptors (Lipinski definition) is 9. The van der Waals surface area contributed by atoms with Crippen LogP contribution >= 0.6 is 11.3 Å². The number of aromatic nitrogens is 3. The number of sulfonamides is 1. The van der Waals surface area contributed by atoms with Gasteiger partial charge in [-0.1, -0.05) is 0 Å². The Morgan fingerprint density at radius 1 is 1.32 bits per heavy atom. The maximum atomic E-state index is 14.8. The second-order valence-electron chi connectivity index (χ2n) is 6.46. The van der Waals surface area contributed by atoms with E-state index >= 15 is 0 Å².